The van der Waals surface area contributed by atoms with Crippen LogP contribution in [0.25, 0.3) is 0 Å². The number of likely N-dealkylation sites (tertiary alicyclic amines) is 1. The van der Waals surface area contributed by atoms with E-state index >= 15 is 0 Å². The molecule has 2 fully saturated rings. The van der Waals surface area contributed by atoms with Crippen LogP contribution in [0.5, 0.6) is 0 Å². The lowest BCUT2D eigenvalue weighted by Gasteiger charge is -2.17. The van der Waals surface area contributed by atoms with Gasteiger partial charge in [-0.2, -0.15) is 0 Å². The van der Waals surface area contributed by atoms with Crippen molar-refractivity contribution in [3.63, 3.8) is 0 Å². The van der Waals surface area contributed by atoms with Gasteiger partial charge in [-0.15, -0.1) is 0 Å². The Bertz CT molecular complexity index is 748. The topological polar surface area (TPSA) is 66.5 Å². The molecule has 3 amide bonds. The quantitative estimate of drug-likeness (QED) is 0.677. The zero-order valence-corrected chi connectivity index (χ0v) is 14.5. The van der Waals surface area contributed by atoms with Gasteiger partial charge in [-0.25, -0.2) is 0 Å². The molecule has 1 saturated heterocycles. The van der Waals surface area contributed by atoms with Crippen LogP contribution >= 0.6 is 0 Å². The number of imide groups is 1. The molecule has 1 heterocycles. The van der Waals surface area contributed by atoms with Crippen LogP contribution in [-0.2, 0) is 14.4 Å². The smallest absolute Gasteiger partial charge is 0.233 e. The summed E-state index contributed by atoms with van der Waals surface area (Å²) in [4.78, 5) is 38.7. The zero-order chi connectivity index (χ0) is 17.7. The predicted octanol–water partition coefficient (Wildman–Crippen LogP) is 2.44. The Morgan fingerprint density at radius 1 is 1.04 bits per heavy atom. The van der Waals surface area contributed by atoms with Gasteiger partial charge >= 0.3 is 0 Å². The van der Waals surface area contributed by atoms with Gasteiger partial charge in [-0.1, -0.05) is 18.2 Å². The number of benzene rings is 1. The fourth-order valence-corrected chi connectivity index (χ4v) is 4.67. The Kier molecular flexibility index (Phi) is 3.74. The summed E-state index contributed by atoms with van der Waals surface area (Å²) >= 11 is 0. The second-order valence-electron chi connectivity index (χ2n) is 7.50. The van der Waals surface area contributed by atoms with Gasteiger partial charge in [0.05, 0.1) is 11.8 Å². The third-order valence-electron chi connectivity index (χ3n) is 5.63. The third kappa shape index (κ3) is 2.68. The molecule has 130 valence electrons. The van der Waals surface area contributed by atoms with Crippen molar-refractivity contribution in [3.8, 4) is 0 Å². The molecule has 5 heteroatoms. The van der Waals surface area contributed by atoms with Gasteiger partial charge in [0.25, 0.3) is 0 Å². The number of fused-ring (bicyclic) bond motifs is 5. The van der Waals surface area contributed by atoms with Crippen LogP contribution in [0, 0.1) is 37.5 Å². The molecule has 1 saturated carbocycles. The van der Waals surface area contributed by atoms with Crippen molar-refractivity contribution in [2.24, 2.45) is 23.7 Å². The van der Waals surface area contributed by atoms with Gasteiger partial charge in [-0.3, -0.25) is 19.3 Å². The first-order chi connectivity index (χ1) is 11.9. The van der Waals surface area contributed by atoms with E-state index in [0.717, 1.165) is 23.2 Å². The molecule has 5 nitrogen and oxygen atoms in total. The van der Waals surface area contributed by atoms with Crippen LogP contribution in [0.2, 0.25) is 0 Å². The summed E-state index contributed by atoms with van der Waals surface area (Å²) in [5.41, 5.74) is 2.91. The molecule has 2 aliphatic carbocycles. The minimum Gasteiger partial charge on any atom is -0.326 e. The van der Waals surface area contributed by atoms with Gasteiger partial charge in [0.1, 0.15) is 0 Å². The van der Waals surface area contributed by atoms with Crippen LogP contribution in [0.1, 0.15) is 24.0 Å². The summed E-state index contributed by atoms with van der Waals surface area (Å²) in [6, 6.07) is 5.86. The molecule has 4 rings (SSSR count). The van der Waals surface area contributed by atoms with Gasteiger partial charge in [0.15, 0.2) is 0 Å². The molecule has 1 aliphatic heterocycles. The van der Waals surface area contributed by atoms with Crippen LogP contribution in [0.4, 0.5) is 5.69 Å². The van der Waals surface area contributed by atoms with E-state index in [0.29, 0.717) is 0 Å². The highest BCUT2D eigenvalue weighted by molar-refractivity contribution is 6.06. The summed E-state index contributed by atoms with van der Waals surface area (Å²) in [7, 11) is 0. The lowest BCUT2D eigenvalue weighted by molar-refractivity contribution is -0.140. The standard InChI is InChI=1S/C20H22N2O3/c1-11-7-12(2)9-15(8-11)21-16(23)5-6-22-19(24)17-13-3-4-14(10-13)18(17)20(22)25/h3-4,7-9,13-14,17-18H,5-6,10H2,1-2H3,(H,21,23)/t13-,14-,17+,18+/m1/s1. The maximum atomic E-state index is 12.6. The van der Waals surface area contributed by atoms with Gasteiger partial charge in [0.2, 0.25) is 17.7 Å². The lowest BCUT2D eigenvalue weighted by Crippen LogP contribution is -2.35. The van der Waals surface area contributed by atoms with E-state index in [4.69, 9.17) is 0 Å². The molecule has 25 heavy (non-hydrogen) atoms. The van der Waals surface area contributed by atoms with Gasteiger partial charge in [-0.05, 0) is 55.4 Å². The molecule has 4 atom stereocenters. The van der Waals surface area contributed by atoms with E-state index in [1.807, 2.05) is 32.0 Å². The monoisotopic (exact) mass is 338 g/mol. The minimum absolute atomic E-state index is 0.0916. The summed E-state index contributed by atoms with van der Waals surface area (Å²) in [6.07, 6.45) is 5.21. The molecule has 3 aliphatic rings. The van der Waals surface area contributed by atoms with Crippen molar-refractivity contribution in [2.45, 2.75) is 26.7 Å². The number of carbonyl (C=O) groups is 3. The fourth-order valence-electron chi connectivity index (χ4n) is 4.67. The fraction of sp³-hybridized carbons (Fsp3) is 0.450. The van der Waals surface area contributed by atoms with Crippen molar-refractivity contribution >= 4 is 23.4 Å². The van der Waals surface area contributed by atoms with Crippen LogP contribution < -0.4 is 5.32 Å². The number of amides is 3. The number of hydrogen-bond donors (Lipinski definition) is 1. The normalized spacial score (nSPS) is 29.4. The highest BCUT2D eigenvalue weighted by atomic mass is 16.2. The van der Waals surface area contributed by atoms with E-state index in [2.05, 4.69) is 17.5 Å². The molecule has 1 aromatic rings. The van der Waals surface area contributed by atoms with Crippen LogP contribution in [-0.4, -0.2) is 29.2 Å². The number of hydrogen-bond acceptors (Lipinski definition) is 3. The van der Waals surface area contributed by atoms with Crippen LogP contribution in [0.3, 0.4) is 0 Å². The average molecular weight is 338 g/mol. The van der Waals surface area contributed by atoms with Crippen molar-refractivity contribution in [1.29, 1.82) is 0 Å². The number of nitrogens with zero attached hydrogens (tertiary/aromatic N) is 1. The average Bonchev–Trinajstić information content (AvgIpc) is 3.19. The number of anilines is 1. The maximum absolute atomic E-state index is 12.6. The molecule has 1 N–H and O–H groups in total. The van der Waals surface area contributed by atoms with Crippen molar-refractivity contribution in [3.05, 3.63) is 41.5 Å². The molecule has 1 aromatic carbocycles. The highest BCUT2D eigenvalue weighted by Crippen LogP contribution is 2.52. The first-order valence-electron chi connectivity index (χ1n) is 8.86. The minimum atomic E-state index is -0.190. The van der Waals surface area contributed by atoms with Gasteiger partial charge in [0, 0.05) is 18.7 Å². The lowest BCUT2D eigenvalue weighted by atomic mass is 9.85. The molecule has 2 bridgehead atoms. The van der Waals surface area contributed by atoms with Gasteiger partial charge < -0.3 is 5.32 Å². The van der Waals surface area contributed by atoms with Crippen molar-refractivity contribution in [1.82, 2.24) is 4.90 Å². The number of nitrogens with one attached hydrogen (secondary N) is 1. The second-order valence-corrected chi connectivity index (χ2v) is 7.50. The Balaban J connectivity index is 1.38. The molecule has 0 unspecified atom stereocenters. The maximum Gasteiger partial charge on any atom is 0.233 e. The Hall–Kier alpha value is -2.43. The van der Waals surface area contributed by atoms with Crippen molar-refractivity contribution < 1.29 is 14.4 Å². The number of aryl methyl sites for hydroxylation is 2. The summed E-state index contributed by atoms with van der Waals surface area (Å²) in [6.45, 7) is 4.12. The zero-order valence-electron chi connectivity index (χ0n) is 14.5. The third-order valence-corrected chi connectivity index (χ3v) is 5.63. The largest absolute Gasteiger partial charge is 0.326 e. The molecule has 0 spiro atoms. The molecular formula is C20H22N2O3. The number of carbonyl (C=O) groups excluding carboxylic acids is 3. The second kappa shape index (κ2) is 5.83. The highest BCUT2D eigenvalue weighted by Gasteiger charge is 2.58. The summed E-state index contributed by atoms with van der Waals surface area (Å²) < 4.78 is 0. The Morgan fingerprint density at radius 3 is 2.16 bits per heavy atom. The van der Waals surface area contributed by atoms with E-state index in [-0.39, 0.29) is 54.4 Å². The van der Waals surface area contributed by atoms with E-state index in [9.17, 15) is 14.4 Å². The number of rotatable bonds is 4. The first-order valence-corrected chi connectivity index (χ1v) is 8.86. The number of allylic oxidation sites excluding steroid dienone is 2. The molecular weight excluding hydrogens is 316 g/mol. The van der Waals surface area contributed by atoms with Crippen LogP contribution in [0.15, 0.2) is 30.4 Å². The summed E-state index contributed by atoms with van der Waals surface area (Å²) in [5.74, 6) is -0.322. The SMILES string of the molecule is Cc1cc(C)cc(NC(=O)CCN2C(=O)[C@@H]3[C@@H](C2=O)[C@@H]2C=C[C@@H]3C2)c1. The van der Waals surface area contributed by atoms with Crippen molar-refractivity contribution in [2.75, 3.05) is 11.9 Å². The molecule has 0 aromatic heterocycles. The van der Waals surface area contributed by atoms with E-state index in [1.54, 1.807) is 0 Å². The Morgan fingerprint density at radius 2 is 1.60 bits per heavy atom. The van der Waals surface area contributed by atoms with E-state index in [1.165, 1.54) is 4.90 Å². The van der Waals surface area contributed by atoms with E-state index < -0.39 is 0 Å². The predicted molar refractivity (Wildman–Crippen MR) is 93.6 cm³/mol. The Labute approximate surface area is 147 Å². The molecule has 0 radical (unpaired) electrons. The summed E-state index contributed by atoms with van der Waals surface area (Å²) in [5, 5.41) is 2.86. The first kappa shape index (κ1) is 16.1.